The van der Waals surface area contributed by atoms with Gasteiger partial charge in [-0.15, -0.1) is 0 Å². The second kappa shape index (κ2) is 14.1. The first-order valence-corrected chi connectivity index (χ1v) is 12.3. The lowest BCUT2D eigenvalue weighted by atomic mass is 10.0. The third kappa shape index (κ3) is 9.02. The van der Waals surface area contributed by atoms with Gasteiger partial charge in [0.1, 0.15) is 6.04 Å². The largest absolute Gasteiger partial charge is 0.379 e. The standard InChI is InChI=1S/C30H36N2O3/c1-24(2)35-20-12-19-31-30(34)28(21-25-13-6-3-7-14-25)32(23-27-17-10-5-11-18-27)29(33)22-26-15-8-4-9-16-26/h3-11,13-18,24,28H,12,19-23H2,1-2H3,(H,31,34). The van der Waals surface area contributed by atoms with Crippen LogP contribution >= 0.6 is 0 Å². The number of benzene rings is 3. The Bertz CT molecular complexity index is 1020. The van der Waals surface area contributed by atoms with Gasteiger partial charge in [-0.05, 0) is 37.0 Å². The van der Waals surface area contributed by atoms with Crippen molar-refractivity contribution in [3.8, 4) is 0 Å². The zero-order chi connectivity index (χ0) is 24.9. The molecular weight excluding hydrogens is 436 g/mol. The van der Waals surface area contributed by atoms with Gasteiger partial charge in [-0.1, -0.05) is 91.0 Å². The lowest BCUT2D eigenvalue weighted by molar-refractivity contribution is -0.140. The summed E-state index contributed by atoms with van der Waals surface area (Å²) in [5.41, 5.74) is 2.94. The number of nitrogens with zero attached hydrogens (tertiary/aromatic N) is 1. The van der Waals surface area contributed by atoms with Crippen molar-refractivity contribution >= 4 is 11.8 Å². The van der Waals surface area contributed by atoms with Crippen LogP contribution in [-0.4, -0.2) is 42.0 Å². The highest BCUT2D eigenvalue weighted by Gasteiger charge is 2.30. The Balaban J connectivity index is 1.83. The minimum absolute atomic E-state index is 0.0701. The molecule has 0 spiro atoms. The van der Waals surface area contributed by atoms with Gasteiger partial charge in [0.25, 0.3) is 0 Å². The van der Waals surface area contributed by atoms with Gasteiger partial charge in [-0.2, -0.15) is 0 Å². The van der Waals surface area contributed by atoms with Crippen LogP contribution in [0.2, 0.25) is 0 Å². The van der Waals surface area contributed by atoms with Crippen molar-refractivity contribution in [2.45, 2.75) is 51.8 Å². The molecule has 0 saturated heterocycles. The quantitative estimate of drug-likeness (QED) is 0.364. The van der Waals surface area contributed by atoms with Gasteiger partial charge in [-0.3, -0.25) is 9.59 Å². The number of carbonyl (C=O) groups is 2. The van der Waals surface area contributed by atoms with Gasteiger partial charge in [-0.25, -0.2) is 0 Å². The van der Waals surface area contributed by atoms with Crippen molar-refractivity contribution in [3.05, 3.63) is 108 Å². The van der Waals surface area contributed by atoms with Gasteiger partial charge in [0, 0.05) is 26.1 Å². The predicted octanol–water partition coefficient (Wildman–Crippen LogP) is 4.80. The maximum atomic E-state index is 13.6. The number of amides is 2. The summed E-state index contributed by atoms with van der Waals surface area (Å²) in [7, 11) is 0. The van der Waals surface area contributed by atoms with Crippen LogP contribution in [0.15, 0.2) is 91.0 Å². The molecular formula is C30H36N2O3. The maximum Gasteiger partial charge on any atom is 0.243 e. The topological polar surface area (TPSA) is 58.6 Å². The summed E-state index contributed by atoms with van der Waals surface area (Å²) in [6.45, 7) is 5.45. The van der Waals surface area contributed by atoms with Gasteiger partial charge >= 0.3 is 0 Å². The fraction of sp³-hybridized carbons (Fsp3) is 0.333. The monoisotopic (exact) mass is 472 g/mol. The molecule has 3 rings (SSSR count). The van der Waals surface area contributed by atoms with E-state index in [0.29, 0.717) is 26.1 Å². The Kier molecular flexibility index (Phi) is 10.5. The summed E-state index contributed by atoms with van der Waals surface area (Å²) < 4.78 is 5.60. The van der Waals surface area contributed by atoms with Crippen molar-refractivity contribution in [2.24, 2.45) is 0 Å². The van der Waals surface area contributed by atoms with Crippen molar-refractivity contribution in [1.29, 1.82) is 0 Å². The normalized spacial score (nSPS) is 11.7. The molecule has 0 aromatic heterocycles. The predicted molar refractivity (Wildman–Crippen MR) is 140 cm³/mol. The zero-order valence-corrected chi connectivity index (χ0v) is 20.7. The molecule has 0 fully saturated rings. The molecule has 0 aliphatic heterocycles. The Morgan fingerprint density at radius 2 is 1.34 bits per heavy atom. The van der Waals surface area contributed by atoms with E-state index in [2.05, 4.69) is 5.32 Å². The van der Waals surface area contributed by atoms with Gasteiger partial charge in [0.2, 0.25) is 11.8 Å². The number of hydrogen-bond donors (Lipinski definition) is 1. The van der Waals surface area contributed by atoms with E-state index in [9.17, 15) is 9.59 Å². The zero-order valence-electron chi connectivity index (χ0n) is 20.7. The molecule has 1 N–H and O–H groups in total. The van der Waals surface area contributed by atoms with Crippen LogP contribution in [0.4, 0.5) is 0 Å². The number of nitrogens with one attached hydrogen (secondary N) is 1. The molecule has 0 saturated carbocycles. The van der Waals surface area contributed by atoms with Crippen LogP contribution in [0.5, 0.6) is 0 Å². The number of hydrogen-bond acceptors (Lipinski definition) is 3. The van der Waals surface area contributed by atoms with Crippen LogP contribution < -0.4 is 5.32 Å². The summed E-state index contributed by atoms with van der Waals surface area (Å²) in [5, 5.41) is 3.05. The molecule has 1 atom stereocenters. The molecule has 1 unspecified atom stereocenters. The van der Waals surface area contributed by atoms with Crippen LogP contribution in [-0.2, 0) is 33.7 Å². The lowest BCUT2D eigenvalue weighted by Gasteiger charge is -2.31. The number of carbonyl (C=O) groups excluding carboxylic acids is 2. The van der Waals surface area contributed by atoms with Crippen LogP contribution in [0.1, 0.15) is 37.0 Å². The highest BCUT2D eigenvalue weighted by atomic mass is 16.5. The average molecular weight is 473 g/mol. The molecule has 0 heterocycles. The van der Waals surface area contributed by atoms with Crippen molar-refractivity contribution in [3.63, 3.8) is 0 Å². The molecule has 0 aliphatic rings. The minimum Gasteiger partial charge on any atom is -0.379 e. The van der Waals surface area contributed by atoms with Gasteiger partial charge in [0.05, 0.1) is 12.5 Å². The second-order valence-electron chi connectivity index (χ2n) is 8.94. The van der Waals surface area contributed by atoms with Crippen LogP contribution in [0.3, 0.4) is 0 Å². The Morgan fingerprint density at radius 3 is 1.91 bits per heavy atom. The van der Waals surface area contributed by atoms with Gasteiger partial charge < -0.3 is 15.0 Å². The molecule has 5 nitrogen and oxygen atoms in total. The van der Waals surface area contributed by atoms with Gasteiger partial charge in [0.15, 0.2) is 0 Å². The van der Waals surface area contributed by atoms with Crippen molar-refractivity contribution in [1.82, 2.24) is 10.2 Å². The van der Waals surface area contributed by atoms with E-state index in [1.165, 1.54) is 0 Å². The molecule has 0 radical (unpaired) electrons. The average Bonchev–Trinajstić information content (AvgIpc) is 2.87. The summed E-state index contributed by atoms with van der Waals surface area (Å²) >= 11 is 0. The first-order valence-electron chi connectivity index (χ1n) is 12.3. The minimum atomic E-state index is -0.625. The highest BCUT2D eigenvalue weighted by Crippen LogP contribution is 2.16. The summed E-state index contributed by atoms with van der Waals surface area (Å²) in [6, 6.07) is 28.8. The third-order valence-corrected chi connectivity index (χ3v) is 5.74. The van der Waals surface area contributed by atoms with Crippen molar-refractivity contribution in [2.75, 3.05) is 13.2 Å². The second-order valence-corrected chi connectivity index (χ2v) is 8.94. The molecule has 5 heteroatoms. The lowest BCUT2D eigenvalue weighted by Crippen LogP contribution is -2.51. The highest BCUT2D eigenvalue weighted by molar-refractivity contribution is 5.88. The van der Waals surface area contributed by atoms with Crippen LogP contribution in [0.25, 0.3) is 0 Å². The summed E-state index contributed by atoms with van der Waals surface area (Å²) in [4.78, 5) is 28.8. The molecule has 35 heavy (non-hydrogen) atoms. The van der Waals surface area contributed by atoms with E-state index in [1.807, 2.05) is 105 Å². The summed E-state index contributed by atoms with van der Waals surface area (Å²) in [6.07, 6.45) is 1.57. The number of ether oxygens (including phenoxy) is 1. The Morgan fingerprint density at radius 1 is 0.800 bits per heavy atom. The molecule has 2 amide bonds. The Hall–Kier alpha value is -3.44. The molecule has 0 bridgehead atoms. The fourth-order valence-electron chi connectivity index (χ4n) is 3.93. The Labute approximate surface area is 209 Å². The first-order chi connectivity index (χ1) is 17.0. The van der Waals surface area contributed by atoms with E-state index in [1.54, 1.807) is 4.90 Å². The summed E-state index contributed by atoms with van der Waals surface area (Å²) in [5.74, 6) is -0.213. The molecule has 3 aromatic carbocycles. The molecule has 184 valence electrons. The molecule has 0 aliphatic carbocycles. The van der Waals surface area contributed by atoms with Crippen molar-refractivity contribution < 1.29 is 14.3 Å². The molecule has 3 aromatic rings. The van der Waals surface area contributed by atoms with E-state index in [4.69, 9.17) is 4.74 Å². The SMILES string of the molecule is CC(C)OCCCNC(=O)C(Cc1ccccc1)N(Cc1ccccc1)C(=O)Cc1ccccc1. The number of rotatable bonds is 13. The van der Waals surface area contributed by atoms with E-state index in [0.717, 1.165) is 23.1 Å². The van der Waals surface area contributed by atoms with E-state index >= 15 is 0 Å². The van der Waals surface area contributed by atoms with E-state index in [-0.39, 0.29) is 24.3 Å². The van der Waals surface area contributed by atoms with E-state index < -0.39 is 6.04 Å². The first kappa shape index (κ1) is 26.2. The third-order valence-electron chi connectivity index (χ3n) is 5.74. The smallest absolute Gasteiger partial charge is 0.243 e. The fourth-order valence-corrected chi connectivity index (χ4v) is 3.93. The maximum absolute atomic E-state index is 13.6. The van der Waals surface area contributed by atoms with Crippen LogP contribution in [0, 0.1) is 0 Å².